The van der Waals surface area contributed by atoms with Crippen molar-refractivity contribution in [3.63, 3.8) is 0 Å². The molecule has 2 aromatic heterocycles. The number of carbonyl (C=O) groups excluding carboxylic acids is 1. The van der Waals surface area contributed by atoms with Crippen LogP contribution in [0.2, 0.25) is 0 Å². The SMILES string of the molecule is Cc1nccc(C(=O)Nc2ccc(Cc3cc(F)cc(F)c3)cn2)n1. The highest BCUT2D eigenvalue weighted by atomic mass is 19.1. The summed E-state index contributed by atoms with van der Waals surface area (Å²) in [7, 11) is 0. The third-order valence-electron chi connectivity index (χ3n) is 3.41. The molecule has 7 heteroatoms. The van der Waals surface area contributed by atoms with Crippen LogP contribution in [-0.4, -0.2) is 20.9 Å². The molecule has 0 fully saturated rings. The van der Waals surface area contributed by atoms with Crippen LogP contribution in [0, 0.1) is 18.6 Å². The van der Waals surface area contributed by atoms with E-state index >= 15 is 0 Å². The Morgan fingerprint density at radius 1 is 1.04 bits per heavy atom. The van der Waals surface area contributed by atoms with Gasteiger partial charge in [0.1, 0.15) is 29.0 Å². The lowest BCUT2D eigenvalue weighted by atomic mass is 10.1. The lowest BCUT2D eigenvalue weighted by Crippen LogP contribution is -2.15. The van der Waals surface area contributed by atoms with Crippen LogP contribution >= 0.6 is 0 Å². The minimum Gasteiger partial charge on any atom is -0.305 e. The highest BCUT2D eigenvalue weighted by Gasteiger charge is 2.09. The zero-order valence-electron chi connectivity index (χ0n) is 13.3. The summed E-state index contributed by atoms with van der Waals surface area (Å²) in [5.74, 6) is -0.773. The number of aryl methyl sites for hydroxylation is 1. The van der Waals surface area contributed by atoms with Crippen molar-refractivity contribution in [3.05, 3.63) is 83.1 Å². The maximum atomic E-state index is 13.2. The highest BCUT2D eigenvalue weighted by molar-refractivity contribution is 6.02. The van der Waals surface area contributed by atoms with Gasteiger partial charge in [-0.3, -0.25) is 4.79 Å². The van der Waals surface area contributed by atoms with E-state index in [2.05, 4.69) is 20.3 Å². The van der Waals surface area contributed by atoms with Crippen molar-refractivity contribution in [2.45, 2.75) is 13.3 Å². The molecule has 1 N–H and O–H groups in total. The van der Waals surface area contributed by atoms with Crippen LogP contribution in [0.5, 0.6) is 0 Å². The van der Waals surface area contributed by atoms with Gasteiger partial charge in [0, 0.05) is 18.5 Å². The minimum absolute atomic E-state index is 0.244. The van der Waals surface area contributed by atoms with E-state index in [9.17, 15) is 13.6 Å². The molecule has 1 amide bonds. The number of benzene rings is 1. The Kier molecular flexibility index (Phi) is 4.74. The number of carbonyl (C=O) groups is 1. The zero-order valence-corrected chi connectivity index (χ0v) is 13.3. The number of amides is 1. The van der Waals surface area contributed by atoms with Crippen molar-refractivity contribution < 1.29 is 13.6 Å². The first-order valence-corrected chi connectivity index (χ1v) is 7.50. The number of aromatic nitrogens is 3. The Bertz CT molecular complexity index is 893. The maximum absolute atomic E-state index is 13.2. The van der Waals surface area contributed by atoms with E-state index in [4.69, 9.17) is 0 Å². The van der Waals surface area contributed by atoms with Gasteiger partial charge in [0.2, 0.25) is 0 Å². The Labute approximate surface area is 142 Å². The van der Waals surface area contributed by atoms with Crippen LogP contribution in [0.4, 0.5) is 14.6 Å². The molecule has 0 unspecified atom stereocenters. The monoisotopic (exact) mass is 340 g/mol. The van der Waals surface area contributed by atoms with Gasteiger partial charge in [-0.05, 0) is 48.7 Å². The van der Waals surface area contributed by atoms with Crippen LogP contribution in [-0.2, 0) is 6.42 Å². The average molecular weight is 340 g/mol. The minimum atomic E-state index is -0.619. The van der Waals surface area contributed by atoms with Gasteiger partial charge in [-0.25, -0.2) is 23.7 Å². The third kappa shape index (κ3) is 4.41. The molecular weight excluding hydrogens is 326 g/mol. The third-order valence-corrected chi connectivity index (χ3v) is 3.41. The molecule has 0 atom stereocenters. The molecule has 5 nitrogen and oxygen atoms in total. The molecule has 1 aromatic carbocycles. The first kappa shape index (κ1) is 16.6. The standard InChI is InChI=1S/C18H14F2N4O/c1-11-21-5-4-16(23-11)18(25)24-17-3-2-12(10-22-17)6-13-7-14(19)9-15(20)8-13/h2-5,7-10H,6H2,1H3,(H,22,24,25). The zero-order chi connectivity index (χ0) is 17.8. The predicted octanol–water partition coefficient (Wildman–Crippen LogP) is 3.30. The summed E-state index contributed by atoms with van der Waals surface area (Å²) in [6.45, 7) is 1.69. The van der Waals surface area contributed by atoms with Crippen LogP contribution < -0.4 is 5.32 Å². The number of pyridine rings is 1. The van der Waals surface area contributed by atoms with E-state index in [1.807, 2.05) is 0 Å². The topological polar surface area (TPSA) is 67.8 Å². The number of anilines is 1. The largest absolute Gasteiger partial charge is 0.305 e. The molecule has 0 saturated heterocycles. The van der Waals surface area contributed by atoms with Crippen molar-refractivity contribution in [1.29, 1.82) is 0 Å². The molecule has 0 aliphatic carbocycles. The quantitative estimate of drug-likeness (QED) is 0.791. The fraction of sp³-hybridized carbons (Fsp3) is 0.111. The van der Waals surface area contributed by atoms with Crippen LogP contribution in [0.25, 0.3) is 0 Å². The Balaban J connectivity index is 1.68. The van der Waals surface area contributed by atoms with Crippen molar-refractivity contribution in [2.75, 3.05) is 5.32 Å². The fourth-order valence-corrected chi connectivity index (χ4v) is 2.31. The average Bonchev–Trinajstić information content (AvgIpc) is 2.56. The van der Waals surface area contributed by atoms with E-state index in [1.54, 1.807) is 25.3 Å². The predicted molar refractivity (Wildman–Crippen MR) is 88.1 cm³/mol. The number of rotatable bonds is 4. The van der Waals surface area contributed by atoms with E-state index < -0.39 is 17.5 Å². The highest BCUT2D eigenvalue weighted by Crippen LogP contribution is 2.14. The maximum Gasteiger partial charge on any atom is 0.275 e. The van der Waals surface area contributed by atoms with Gasteiger partial charge < -0.3 is 5.32 Å². The van der Waals surface area contributed by atoms with E-state index in [0.717, 1.165) is 11.6 Å². The van der Waals surface area contributed by atoms with Gasteiger partial charge >= 0.3 is 0 Å². The summed E-state index contributed by atoms with van der Waals surface area (Å²) < 4.78 is 26.4. The van der Waals surface area contributed by atoms with Crippen LogP contribution in [0.1, 0.15) is 27.4 Å². The van der Waals surface area contributed by atoms with Crippen LogP contribution in [0.3, 0.4) is 0 Å². The van der Waals surface area contributed by atoms with Crippen molar-refractivity contribution >= 4 is 11.7 Å². The van der Waals surface area contributed by atoms with Crippen molar-refractivity contribution in [3.8, 4) is 0 Å². The molecule has 25 heavy (non-hydrogen) atoms. The van der Waals surface area contributed by atoms with Gasteiger partial charge in [-0.1, -0.05) is 6.07 Å². The second-order valence-electron chi connectivity index (χ2n) is 5.45. The second kappa shape index (κ2) is 7.12. The molecule has 3 aromatic rings. The summed E-state index contributed by atoms with van der Waals surface area (Å²) in [5, 5.41) is 2.63. The molecule has 0 saturated carbocycles. The number of hydrogen-bond donors (Lipinski definition) is 1. The number of nitrogens with zero attached hydrogens (tertiary/aromatic N) is 3. The molecular formula is C18H14F2N4O. The molecule has 2 heterocycles. The lowest BCUT2D eigenvalue weighted by molar-refractivity contribution is 0.102. The Morgan fingerprint density at radius 2 is 1.80 bits per heavy atom. The molecule has 0 aliphatic heterocycles. The van der Waals surface area contributed by atoms with Gasteiger partial charge in [0.05, 0.1) is 0 Å². The summed E-state index contributed by atoms with van der Waals surface area (Å²) in [6.07, 6.45) is 3.39. The van der Waals surface area contributed by atoms with Crippen molar-refractivity contribution in [2.24, 2.45) is 0 Å². The molecule has 0 bridgehead atoms. The molecule has 0 radical (unpaired) electrons. The summed E-state index contributed by atoms with van der Waals surface area (Å²) >= 11 is 0. The fourth-order valence-electron chi connectivity index (χ4n) is 2.31. The lowest BCUT2D eigenvalue weighted by Gasteiger charge is -2.06. The van der Waals surface area contributed by atoms with E-state index in [-0.39, 0.29) is 5.69 Å². The second-order valence-corrected chi connectivity index (χ2v) is 5.45. The summed E-state index contributed by atoms with van der Waals surface area (Å²) in [5.41, 5.74) is 1.52. The van der Waals surface area contributed by atoms with E-state index in [1.165, 1.54) is 24.4 Å². The van der Waals surface area contributed by atoms with Gasteiger partial charge in [-0.2, -0.15) is 0 Å². The first-order valence-electron chi connectivity index (χ1n) is 7.50. The van der Waals surface area contributed by atoms with Gasteiger partial charge in [-0.15, -0.1) is 0 Å². The Morgan fingerprint density at radius 3 is 2.44 bits per heavy atom. The molecule has 0 spiro atoms. The molecule has 0 aliphatic rings. The first-order chi connectivity index (χ1) is 12.0. The molecule has 126 valence electrons. The van der Waals surface area contributed by atoms with Gasteiger partial charge in [0.15, 0.2) is 0 Å². The summed E-state index contributed by atoms with van der Waals surface area (Å²) in [6, 6.07) is 8.24. The number of halogens is 2. The Hall–Kier alpha value is -3.22. The molecule has 3 rings (SSSR count). The van der Waals surface area contributed by atoms with Crippen LogP contribution in [0.15, 0.2) is 48.8 Å². The van der Waals surface area contributed by atoms with Crippen molar-refractivity contribution in [1.82, 2.24) is 15.0 Å². The number of nitrogens with one attached hydrogen (secondary N) is 1. The smallest absolute Gasteiger partial charge is 0.275 e. The normalized spacial score (nSPS) is 10.5. The summed E-state index contributed by atoms with van der Waals surface area (Å²) in [4.78, 5) is 24.2. The number of hydrogen-bond acceptors (Lipinski definition) is 4. The van der Waals surface area contributed by atoms with E-state index in [0.29, 0.717) is 23.6 Å². The van der Waals surface area contributed by atoms with Gasteiger partial charge in [0.25, 0.3) is 5.91 Å².